The van der Waals surface area contributed by atoms with E-state index in [1.807, 2.05) is 19.1 Å². The predicted octanol–water partition coefficient (Wildman–Crippen LogP) is 4.26. The molecule has 0 radical (unpaired) electrons. The summed E-state index contributed by atoms with van der Waals surface area (Å²) in [6.45, 7) is 6.83. The number of aryl methyl sites for hydroxylation is 2. The molecule has 3 heterocycles. The number of benzene rings is 2. The van der Waals surface area contributed by atoms with Crippen molar-refractivity contribution < 1.29 is 9.18 Å². The Morgan fingerprint density at radius 3 is 2.61 bits per heavy atom. The minimum absolute atomic E-state index is 0.242. The summed E-state index contributed by atoms with van der Waals surface area (Å²) in [5, 5.41) is 13.3. The number of hydrogen-bond acceptors (Lipinski definition) is 4. The first-order valence-corrected chi connectivity index (χ1v) is 10.8. The van der Waals surface area contributed by atoms with Crippen LogP contribution in [-0.2, 0) is 6.54 Å². The highest BCUT2D eigenvalue weighted by atomic mass is 19.1. The van der Waals surface area contributed by atoms with Gasteiger partial charge in [0.1, 0.15) is 11.5 Å². The van der Waals surface area contributed by atoms with Gasteiger partial charge in [0.05, 0.1) is 16.9 Å². The Morgan fingerprint density at radius 2 is 1.82 bits per heavy atom. The van der Waals surface area contributed by atoms with Crippen LogP contribution in [0, 0.1) is 26.6 Å². The summed E-state index contributed by atoms with van der Waals surface area (Å²) >= 11 is 0. The number of carbonyl (C=O) groups is 1. The van der Waals surface area contributed by atoms with Gasteiger partial charge in [-0.2, -0.15) is 0 Å². The molecule has 3 aromatic heterocycles. The maximum absolute atomic E-state index is 13.2. The fourth-order valence-corrected chi connectivity index (χ4v) is 4.34. The Bertz CT molecular complexity index is 1500. The minimum atomic E-state index is -0.334. The van der Waals surface area contributed by atoms with Crippen LogP contribution in [-0.4, -0.2) is 37.0 Å². The van der Waals surface area contributed by atoms with E-state index in [9.17, 15) is 9.18 Å². The maximum atomic E-state index is 13.2. The fraction of sp³-hybridized carbons (Fsp3) is 0.200. The lowest BCUT2D eigenvalue weighted by Gasteiger charge is -2.09. The van der Waals surface area contributed by atoms with Crippen LogP contribution in [0.3, 0.4) is 0 Å². The molecule has 0 saturated carbocycles. The topological polar surface area (TPSA) is 77.6 Å². The van der Waals surface area contributed by atoms with Crippen LogP contribution in [0.1, 0.15) is 27.4 Å². The molecule has 0 unspecified atom stereocenters. The number of amides is 1. The van der Waals surface area contributed by atoms with Gasteiger partial charge in [0.25, 0.3) is 5.91 Å². The van der Waals surface area contributed by atoms with Gasteiger partial charge in [0.2, 0.25) is 0 Å². The third-order valence-corrected chi connectivity index (χ3v) is 5.85. The Hall–Kier alpha value is -4.07. The molecule has 5 rings (SSSR count). The smallest absolute Gasteiger partial charge is 0.273 e. The van der Waals surface area contributed by atoms with Gasteiger partial charge in [-0.05, 0) is 62.7 Å². The highest BCUT2D eigenvalue weighted by Crippen LogP contribution is 2.30. The number of para-hydroxylation sites is 1. The SMILES string of the molecule is Cc1cc(C)c2c3ccccc3n(CCNC(=O)c3nnn(-c4ccc(F)cc4)c3C)c2n1. The third kappa shape index (κ3) is 3.63. The maximum Gasteiger partial charge on any atom is 0.273 e. The van der Waals surface area contributed by atoms with Crippen LogP contribution in [0.2, 0.25) is 0 Å². The number of halogens is 1. The van der Waals surface area contributed by atoms with Gasteiger partial charge in [-0.3, -0.25) is 4.79 Å². The first-order valence-electron chi connectivity index (χ1n) is 10.8. The lowest BCUT2D eigenvalue weighted by atomic mass is 10.1. The van der Waals surface area contributed by atoms with Gasteiger partial charge in [-0.15, -0.1) is 5.10 Å². The normalized spacial score (nSPS) is 11.4. The first kappa shape index (κ1) is 20.8. The van der Waals surface area contributed by atoms with Gasteiger partial charge >= 0.3 is 0 Å². The Balaban J connectivity index is 1.38. The van der Waals surface area contributed by atoms with Crippen molar-refractivity contribution in [1.82, 2.24) is 29.9 Å². The van der Waals surface area contributed by atoms with E-state index in [0.717, 1.165) is 27.6 Å². The van der Waals surface area contributed by atoms with E-state index < -0.39 is 0 Å². The van der Waals surface area contributed by atoms with Crippen LogP contribution >= 0.6 is 0 Å². The van der Waals surface area contributed by atoms with Crippen molar-refractivity contribution in [3.05, 3.63) is 83.1 Å². The number of carbonyl (C=O) groups excluding carboxylic acids is 1. The van der Waals surface area contributed by atoms with Gasteiger partial charge in [0, 0.05) is 29.6 Å². The molecule has 166 valence electrons. The lowest BCUT2D eigenvalue weighted by molar-refractivity contribution is 0.0947. The van der Waals surface area contributed by atoms with Crippen LogP contribution in [0.4, 0.5) is 4.39 Å². The molecule has 1 N–H and O–H groups in total. The van der Waals surface area contributed by atoms with Gasteiger partial charge in [-0.25, -0.2) is 14.1 Å². The van der Waals surface area contributed by atoms with E-state index in [2.05, 4.69) is 45.3 Å². The summed E-state index contributed by atoms with van der Waals surface area (Å²) in [4.78, 5) is 17.6. The van der Waals surface area contributed by atoms with E-state index in [-0.39, 0.29) is 17.4 Å². The van der Waals surface area contributed by atoms with Gasteiger partial charge in [-0.1, -0.05) is 23.4 Å². The molecule has 0 bridgehead atoms. The van der Waals surface area contributed by atoms with E-state index in [1.165, 1.54) is 22.4 Å². The molecule has 7 nitrogen and oxygen atoms in total. The largest absolute Gasteiger partial charge is 0.349 e. The van der Waals surface area contributed by atoms with Gasteiger partial charge < -0.3 is 9.88 Å². The summed E-state index contributed by atoms with van der Waals surface area (Å²) in [7, 11) is 0. The number of fused-ring (bicyclic) bond motifs is 3. The standard InChI is InChI=1S/C25H23FN6O/c1-15-14-16(2)28-24-22(15)20-6-4-5-7-21(20)31(24)13-12-27-25(33)23-17(3)32(30-29-23)19-10-8-18(26)9-11-19/h4-11,14H,12-13H2,1-3H3,(H,27,33). The highest BCUT2D eigenvalue weighted by molar-refractivity contribution is 6.08. The molecule has 0 aliphatic heterocycles. The minimum Gasteiger partial charge on any atom is -0.349 e. The molecule has 0 atom stereocenters. The van der Waals surface area contributed by atoms with Crippen molar-refractivity contribution in [2.24, 2.45) is 0 Å². The zero-order chi connectivity index (χ0) is 23.1. The summed E-state index contributed by atoms with van der Waals surface area (Å²) in [6, 6.07) is 16.2. The second kappa shape index (κ2) is 8.12. The predicted molar refractivity (Wildman–Crippen MR) is 125 cm³/mol. The Kier molecular flexibility index (Phi) is 5.12. The molecular weight excluding hydrogens is 419 g/mol. The van der Waals surface area contributed by atoms with Crippen molar-refractivity contribution in [3.63, 3.8) is 0 Å². The average molecular weight is 442 g/mol. The number of hydrogen-bond donors (Lipinski definition) is 1. The van der Waals surface area contributed by atoms with Crippen LogP contribution in [0.5, 0.6) is 0 Å². The molecule has 0 fully saturated rings. The molecule has 0 aliphatic rings. The zero-order valence-electron chi connectivity index (χ0n) is 18.6. The lowest BCUT2D eigenvalue weighted by Crippen LogP contribution is -2.28. The second-order valence-corrected chi connectivity index (χ2v) is 8.12. The molecule has 2 aromatic carbocycles. The van der Waals surface area contributed by atoms with E-state index >= 15 is 0 Å². The molecule has 1 amide bonds. The monoisotopic (exact) mass is 442 g/mol. The molecule has 33 heavy (non-hydrogen) atoms. The number of nitrogens with one attached hydrogen (secondary N) is 1. The van der Waals surface area contributed by atoms with E-state index in [1.54, 1.807) is 19.1 Å². The van der Waals surface area contributed by atoms with E-state index in [4.69, 9.17) is 4.98 Å². The van der Waals surface area contributed by atoms with Gasteiger partial charge in [0.15, 0.2) is 5.69 Å². The molecule has 0 spiro atoms. The average Bonchev–Trinajstić information content (AvgIpc) is 3.32. The highest BCUT2D eigenvalue weighted by Gasteiger charge is 2.18. The molecule has 0 saturated heterocycles. The van der Waals surface area contributed by atoms with Crippen molar-refractivity contribution in [2.45, 2.75) is 27.3 Å². The zero-order valence-corrected chi connectivity index (χ0v) is 18.6. The van der Waals surface area contributed by atoms with Crippen molar-refractivity contribution in [1.29, 1.82) is 0 Å². The Morgan fingerprint density at radius 1 is 1.06 bits per heavy atom. The van der Waals surface area contributed by atoms with Crippen molar-refractivity contribution in [3.8, 4) is 5.69 Å². The second-order valence-electron chi connectivity index (χ2n) is 8.12. The first-order chi connectivity index (χ1) is 15.9. The number of nitrogens with zero attached hydrogens (tertiary/aromatic N) is 5. The van der Waals surface area contributed by atoms with E-state index in [0.29, 0.717) is 24.5 Å². The molecular formula is C25H23FN6O. The van der Waals surface area contributed by atoms with Crippen molar-refractivity contribution in [2.75, 3.05) is 6.54 Å². The van der Waals surface area contributed by atoms with Crippen LogP contribution in [0.25, 0.3) is 27.6 Å². The van der Waals surface area contributed by atoms with Crippen LogP contribution < -0.4 is 5.32 Å². The number of pyridine rings is 1. The van der Waals surface area contributed by atoms with Crippen molar-refractivity contribution >= 4 is 27.8 Å². The molecule has 5 aromatic rings. The summed E-state index contributed by atoms with van der Waals surface area (Å²) in [5.74, 6) is -0.638. The number of rotatable bonds is 5. The third-order valence-electron chi connectivity index (χ3n) is 5.85. The number of aromatic nitrogens is 5. The molecule has 8 heteroatoms. The van der Waals surface area contributed by atoms with Crippen LogP contribution in [0.15, 0.2) is 54.6 Å². The fourth-order valence-electron chi connectivity index (χ4n) is 4.34. The molecule has 0 aliphatic carbocycles. The quantitative estimate of drug-likeness (QED) is 0.441. The Labute approximate surface area is 189 Å². The summed E-state index contributed by atoms with van der Waals surface area (Å²) in [6.07, 6.45) is 0. The summed E-state index contributed by atoms with van der Waals surface area (Å²) < 4.78 is 16.9. The summed E-state index contributed by atoms with van der Waals surface area (Å²) in [5.41, 5.74) is 5.62.